The zero-order valence-electron chi connectivity index (χ0n) is 17.6. The summed E-state index contributed by atoms with van der Waals surface area (Å²) in [5.41, 5.74) is 3.40. The van der Waals surface area contributed by atoms with Gasteiger partial charge in [-0.1, -0.05) is 41.9 Å². The second-order valence-corrected chi connectivity index (χ2v) is 9.65. The number of hydrogen-bond acceptors (Lipinski definition) is 4. The van der Waals surface area contributed by atoms with E-state index in [2.05, 4.69) is 33.4 Å². The molecular formula is C23H28BrN3O3. The molecule has 0 radical (unpaired) electrons. The molecule has 2 fully saturated rings. The molecule has 2 heterocycles. The Kier molecular flexibility index (Phi) is 6.00. The summed E-state index contributed by atoms with van der Waals surface area (Å²) in [5, 5.41) is 2.74. The third-order valence-corrected chi connectivity index (χ3v) is 7.07. The smallest absolute Gasteiger partial charge is 0.407 e. The van der Waals surface area contributed by atoms with Crippen LogP contribution in [-0.4, -0.2) is 47.8 Å². The van der Waals surface area contributed by atoms with Gasteiger partial charge in [-0.25, -0.2) is 4.79 Å². The van der Waals surface area contributed by atoms with Crippen molar-refractivity contribution in [1.82, 2.24) is 10.2 Å². The fraction of sp³-hybridized carbons (Fsp3) is 0.522. The van der Waals surface area contributed by atoms with Crippen LogP contribution in [-0.2, 0) is 9.53 Å². The van der Waals surface area contributed by atoms with Crippen LogP contribution in [0.25, 0.3) is 5.57 Å². The number of aliphatic imine (C=N–C) groups is 1. The number of piperidine rings is 1. The average Bonchev–Trinajstić information content (AvgIpc) is 3.47. The number of ether oxygens (including phenoxy) is 1. The van der Waals surface area contributed by atoms with E-state index in [0.29, 0.717) is 5.92 Å². The molecule has 1 saturated heterocycles. The van der Waals surface area contributed by atoms with Crippen molar-refractivity contribution >= 4 is 39.2 Å². The maximum atomic E-state index is 13.6. The van der Waals surface area contributed by atoms with Crippen LogP contribution in [0.5, 0.6) is 0 Å². The number of methoxy groups -OCH3 is 1. The Hall–Kier alpha value is -2.15. The number of fused-ring (bicyclic) bond motifs is 2. The highest BCUT2D eigenvalue weighted by atomic mass is 79.9. The second-order valence-electron chi connectivity index (χ2n) is 8.73. The molecule has 2 bridgehead atoms. The number of halogens is 1. The largest absolute Gasteiger partial charge is 0.453 e. The SMILES string of the molecule is COC(=O)N[C@H](C(=O)N1C2CCC(C2)[C@H]1C1=NC=C(c2ccc(Br)cc2)C1)C(C)C. The molecule has 30 heavy (non-hydrogen) atoms. The third-order valence-electron chi connectivity index (χ3n) is 6.55. The number of alkyl carbamates (subject to hydrolysis) is 1. The minimum Gasteiger partial charge on any atom is -0.453 e. The number of likely N-dealkylation sites (tertiary alicyclic amines) is 1. The van der Waals surface area contributed by atoms with E-state index >= 15 is 0 Å². The summed E-state index contributed by atoms with van der Waals surface area (Å²) in [5.74, 6) is 0.395. The number of rotatable bonds is 5. The van der Waals surface area contributed by atoms with Crippen molar-refractivity contribution in [2.45, 2.75) is 57.7 Å². The first kappa shape index (κ1) is 21.1. The highest BCUT2D eigenvalue weighted by Gasteiger charge is 2.51. The highest BCUT2D eigenvalue weighted by Crippen LogP contribution is 2.45. The summed E-state index contributed by atoms with van der Waals surface area (Å²) < 4.78 is 5.80. The number of hydrogen-bond donors (Lipinski definition) is 1. The number of carbonyl (C=O) groups is 2. The van der Waals surface area contributed by atoms with Crippen LogP contribution in [0, 0.1) is 11.8 Å². The standard InChI is InChI=1S/C23H28BrN3O3/c1-13(2)20(26-23(29)30-3)22(28)27-18-9-6-15(10-18)21(27)19-11-16(12-25-19)14-4-7-17(24)8-5-14/h4-5,7-8,12-13,15,18,20-21H,6,9-11H2,1-3H3,(H,26,29)/t15?,18?,20-,21-/m0/s1. The van der Waals surface area contributed by atoms with Gasteiger partial charge in [0.1, 0.15) is 6.04 Å². The first-order valence-corrected chi connectivity index (χ1v) is 11.4. The molecular weight excluding hydrogens is 446 g/mol. The molecule has 2 aliphatic heterocycles. The van der Waals surface area contributed by atoms with Gasteiger partial charge in [-0.15, -0.1) is 0 Å². The zero-order valence-corrected chi connectivity index (χ0v) is 19.2. The second kappa shape index (κ2) is 8.53. The van der Waals surface area contributed by atoms with E-state index < -0.39 is 12.1 Å². The van der Waals surface area contributed by atoms with Crippen LogP contribution in [0.1, 0.15) is 45.1 Å². The van der Waals surface area contributed by atoms with E-state index in [1.807, 2.05) is 37.1 Å². The lowest BCUT2D eigenvalue weighted by atomic mass is 9.89. The number of nitrogens with one attached hydrogen (secondary N) is 1. The molecule has 3 aliphatic rings. The Morgan fingerprint density at radius 3 is 2.63 bits per heavy atom. The van der Waals surface area contributed by atoms with Crippen molar-refractivity contribution in [3.05, 3.63) is 40.5 Å². The molecule has 7 heteroatoms. The van der Waals surface area contributed by atoms with Crippen LogP contribution in [0.15, 0.2) is 39.9 Å². The summed E-state index contributed by atoms with van der Waals surface area (Å²) in [6.45, 7) is 3.89. The Labute approximate surface area is 185 Å². The van der Waals surface area contributed by atoms with Crippen molar-refractivity contribution < 1.29 is 14.3 Å². The van der Waals surface area contributed by atoms with Crippen molar-refractivity contribution in [2.75, 3.05) is 7.11 Å². The summed E-state index contributed by atoms with van der Waals surface area (Å²) in [6, 6.07) is 7.90. The number of benzene rings is 1. The molecule has 1 aromatic carbocycles. The molecule has 1 N–H and O–H groups in total. The zero-order chi connectivity index (χ0) is 21.4. The van der Waals surface area contributed by atoms with Gasteiger partial charge in [0.15, 0.2) is 0 Å². The van der Waals surface area contributed by atoms with Crippen molar-refractivity contribution in [1.29, 1.82) is 0 Å². The van der Waals surface area contributed by atoms with Crippen molar-refractivity contribution in [2.24, 2.45) is 16.8 Å². The van der Waals surface area contributed by atoms with Crippen LogP contribution >= 0.6 is 15.9 Å². The molecule has 6 nitrogen and oxygen atoms in total. The Morgan fingerprint density at radius 1 is 1.23 bits per heavy atom. The van der Waals surface area contributed by atoms with Gasteiger partial charge in [-0.3, -0.25) is 9.79 Å². The Bertz CT molecular complexity index is 893. The lowest BCUT2D eigenvalue weighted by molar-refractivity contribution is -0.137. The van der Waals surface area contributed by atoms with E-state index in [1.165, 1.54) is 12.7 Å². The first-order valence-electron chi connectivity index (χ1n) is 10.6. The van der Waals surface area contributed by atoms with Gasteiger partial charge >= 0.3 is 6.09 Å². The molecule has 2 amide bonds. The van der Waals surface area contributed by atoms with Gasteiger partial charge in [0, 0.05) is 28.8 Å². The number of allylic oxidation sites excluding steroid dienone is 1. The molecule has 1 saturated carbocycles. The van der Waals surface area contributed by atoms with E-state index in [0.717, 1.165) is 41.4 Å². The Balaban J connectivity index is 1.53. The monoisotopic (exact) mass is 473 g/mol. The number of carbonyl (C=O) groups excluding carboxylic acids is 2. The van der Waals surface area contributed by atoms with Crippen LogP contribution < -0.4 is 5.32 Å². The maximum Gasteiger partial charge on any atom is 0.407 e. The summed E-state index contributed by atoms with van der Waals surface area (Å²) >= 11 is 3.48. The Morgan fingerprint density at radius 2 is 1.97 bits per heavy atom. The molecule has 160 valence electrons. The number of amides is 2. The molecule has 0 spiro atoms. The molecule has 0 aromatic heterocycles. The number of nitrogens with zero attached hydrogens (tertiary/aromatic N) is 2. The predicted molar refractivity (Wildman–Crippen MR) is 120 cm³/mol. The van der Waals surface area contributed by atoms with E-state index in [1.54, 1.807) is 0 Å². The topological polar surface area (TPSA) is 71.0 Å². The van der Waals surface area contributed by atoms with Crippen molar-refractivity contribution in [3.63, 3.8) is 0 Å². The molecule has 1 aliphatic carbocycles. The van der Waals surface area contributed by atoms with Gasteiger partial charge < -0.3 is 15.0 Å². The maximum absolute atomic E-state index is 13.6. The van der Waals surface area contributed by atoms with Gasteiger partial charge in [0.2, 0.25) is 5.91 Å². The molecule has 2 unspecified atom stereocenters. The third kappa shape index (κ3) is 3.92. The average molecular weight is 474 g/mol. The van der Waals surface area contributed by atoms with Crippen LogP contribution in [0.3, 0.4) is 0 Å². The summed E-state index contributed by atoms with van der Waals surface area (Å²) in [6.07, 6.45) is 5.31. The first-order chi connectivity index (χ1) is 14.4. The van der Waals surface area contributed by atoms with Gasteiger partial charge in [-0.2, -0.15) is 0 Å². The molecule has 4 atom stereocenters. The van der Waals surface area contributed by atoms with Crippen LogP contribution in [0.4, 0.5) is 4.79 Å². The highest BCUT2D eigenvalue weighted by molar-refractivity contribution is 9.10. The van der Waals surface area contributed by atoms with E-state index in [-0.39, 0.29) is 23.9 Å². The van der Waals surface area contributed by atoms with Gasteiger partial charge in [0.25, 0.3) is 0 Å². The van der Waals surface area contributed by atoms with Crippen LogP contribution in [0.2, 0.25) is 0 Å². The normalized spacial score (nSPS) is 25.9. The van der Waals surface area contributed by atoms with E-state index in [4.69, 9.17) is 9.73 Å². The summed E-state index contributed by atoms with van der Waals surface area (Å²) in [4.78, 5) is 32.2. The van der Waals surface area contributed by atoms with Gasteiger partial charge in [-0.05, 0) is 54.4 Å². The lowest BCUT2D eigenvalue weighted by Crippen LogP contribution is -2.57. The fourth-order valence-corrected chi connectivity index (χ4v) is 5.33. The van der Waals surface area contributed by atoms with Crippen molar-refractivity contribution in [3.8, 4) is 0 Å². The predicted octanol–water partition coefficient (Wildman–Crippen LogP) is 4.39. The minimum atomic E-state index is -0.597. The molecule has 4 rings (SSSR count). The van der Waals surface area contributed by atoms with Gasteiger partial charge in [0.05, 0.1) is 13.2 Å². The lowest BCUT2D eigenvalue weighted by Gasteiger charge is -2.38. The summed E-state index contributed by atoms with van der Waals surface area (Å²) in [7, 11) is 1.32. The quantitative estimate of drug-likeness (QED) is 0.688. The fourth-order valence-electron chi connectivity index (χ4n) is 5.06. The minimum absolute atomic E-state index is 0.0149. The molecule has 1 aromatic rings. The van der Waals surface area contributed by atoms with E-state index in [9.17, 15) is 9.59 Å².